The molecule has 0 aromatic heterocycles. The number of nitro groups is 1. The van der Waals surface area contributed by atoms with E-state index in [-0.39, 0.29) is 175 Å². The molecule has 0 bridgehead atoms. The minimum atomic E-state index is -0.746. The predicted molar refractivity (Wildman–Crippen MR) is 560 cm³/mol. The van der Waals surface area contributed by atoms with Gasteiger partial charge >= 0.3 is 5.97 Å². The number of hydrogen-bond donors (Lipinski definition) is 3. The summed E-state index contributed by atoms with van der Waals surface area (Å²) in [4.78, 5) is 153. The monoisotopic (exact) mass is 1980 g/mol. The van der Waals surface area contributed by atoms with E-state index >= 15 is 0 Å². The largest absolute Gasteiger partial charge is 0.481 e. The number of rotatable bonds is 12. The molecule has 12 aliphatic heterocycles. The van der Waals surface area contributed by atoms with Gasteiger partial charge in [-0.2, -0.15) is 5.26 Å². The Balaban J connectivity index is 0.000000111. The first-order chi connectivity index (χ1) is 69.9. The van der Waals surface area contributed by atoms with E-state index in [0.717, 1.165) is 161 Å². The summed E-state index contributed by atoms with van der Waals surface area (Å²) in [5, 5.41) is 35.2. The second-order valence-corrected chi connectivity index (χ2v) is 48.1. The number of carboxylic acid groups (broad SMARTS) is 1. The van der Waals surface area contributed by atoms with Gasteiger partial charge in [0.1, 0.15) is 6.54 Å². The molecule has 9 amide bonds. The van der Waals surface area contributed by atoms with Crippen LogP contribution in [-0.4, -0.2) is 176 Å². The number of nitriles is 1. The molecule has 6 saturated carbocycles. The maximum atomic E-state index is 13.4. The van der Waals surface area contributed by atoms with E-state index < -0.39 is 11.9 Å². The van der Waals surface area contributed by atoms with Gasteiger partial charge in [-0.15, -0.1) is 0 Å². The fourth-order valence-corrected chi connectivity index (χ4v) is 34.9. The van der Waals surface area contributed by atoms with Crippen LogP contribution in [-0.2, 0) is 120 Å². The van der Waals surface area contributed by atoms with Crippen LogP contribution < -0.4 is 10.6 Å². The molecule has 4 unspecified atom stereocenters. The third-order valence-corrected chi connectivity index (χ3v) is 40.2. The number of carbonyl (C=O) groups excluding carboxylic acids is 9. The second-order valence-electron chi connectivity index (χ2n) is 48.1. The summed E-state index contributed by atoms with van der Waals surface area (Å²) in [6.07, 6.45) is 22.4. The van der Waals surface area contributed by atoms with Crippen molar-refractivity contribution in [1.82, 2.24) is 44.9 Å². The minimum absolute atomic E-state index is 0.00837. The number of aryl methyl sites for hydroxylation is 10. The summed E-state index contributed by atoms with van der Waals surface area (Å²) in [7, 11) is 1.71. The lowest BCUT2D eigenvalue weighted by Gasteiger charge is -2.44. The molecule has 24 heteroatoms. The summed E-state index contributed by atoms with van der Waals surface area (Å²) < 4.78 is 0. The third-order valence-electron chi connectivity index (χ3n) is 40.2. The molecule has 3 N–H and O–H groups in total. The Labute approximate surface area is 864 Å². The Bertz CT molecular complexity index is 6240. The molecule has 24 atom stereocenters. The summed E-state index contributed by atoms with van der Waals surface area (Å²) in [6, 6.07) is 42.0. The van der Waals surface area contributed by atoms with E-state index in [1.54, 1.807) is 7.05 Å². The number of carbonyl (C=O) groups is 10. The average Bonchev–Trinajstić information content (AvgIpc) is 1.52. The quantitative estimate of drug-likeness (QED) is 0.0583. The zero-order valence-corrected chi connectivity index (χ0v) is 89.4. The second kappa shape index (κ2) is 40.1. The van der Waals surface area contributed by atoms with Crippen LogP contribution in [0.25, 0.3) is 0 Å². The van der Waals surface area contributed by atoms with Gasteiger partial charge in [-0.3, -0.25) is 58.1 Å². The van der Waals surface area contributed by atoms with Crippen molar-refractivity contribution in [3.8, 4) is 6.07 Å². The summed E-state index contributed by atoms with van der Waals surface area (Å²) in [5.41, 5.74) is 22.0. The molecule has 6 spiro atoms. The van der Waals surface area contributed by atoms with E-state index in [1.165, 1.54) is 126 Å². The van der Waals surface area contributed by atoms with Gasteiger partial charge in [0.05, 0.1) is 45.2 Å². The normalized spacial score (nSPS) is 33.9. The van der Waals surface area contributed by atoms with Gasteiger partial charge in [-0.05, 0) is 279 Å². The number of hydrogen-bond acceptors (Lipinski definition) is 13. The van der Waals surface area contributed by atoms with Crippen molar-refractivity contribution in [2.75, 3.05) is 72.5 Å². The minimum Gasteiger partial charge on any atom is -0.481 e. The van der Waals surface area contributed by atoms with Crippen LogP contribution in [0.3, 0.4) is 0 Å². The first kappa shape index (κ1) is 103. The first-order valence-corrected chi connectivity index (χ1v) is 55.8. The first-order valence-electron chi connectivity index (χ1n) is 55.8. The number of nitrogens with zero attached hydrogens (tertiary/aromatic N) is 9. The van der Waals surface area contributed by atoms with Gasteiger partial charge in [0.25, 0.3) is 0 Å². The molecule has 6 aromatic carbocycles. The lowest BCUT2D eigenvalue weighted by molar-refractivity contribution is -0.491. The van der Waals surface area contributed by atoms with E-state index in [4.69, 9.17) is 5.26 Å². The fourth-order valence-electron chi connectivity index (χ4n) is 34.9. The molecule has 778 valence electrons. The maximum absolute atomic E-state index is 13.4. The van der Waals surface area contributed by atoms with Crippen LogP contribution >= 0.6 is 0 Å². The van der Waals surface area contributed by atoms with Crippen molar-refractivity contribution in [1.29, 1.82) is 5.26 Å². The highest BCUT2D eigenvalue weighted by molar-refractivity contribution is 5.90. The van der Waals surface area contributed by atoms with Crippen molar-refractivity contribution < 1.29 is 58.0 Å². The van der Waals surface area contributed by atoms with Crippen molar-refractivity contribution in [2.45, 2.75) is 298 Å². The third kappa shape index (κ3) is 16.6. The molecule has 24 rings (SSSR count). The number of amides is 9. The number of carboxylic acids is 1. The van der Waals surface area contributed by atoms with Gasteiger partial charge in [0.15, 0.2) is 0 Å². The molecule has 6 aliphatic carbocycles. The average molecular weight is 1990 g/mol. The van der Waals surface area contributed by atoms with E-state index in [2.05, 4.69) is 227 Å². The highest BCUT2D eigenvalue weighted by atomic mass is 16.6. The maximum Gasteiger partial charge on any atom is 0.307 e. The van der Waals surface area contributed by atoms with Crippen LogP contribution in [0.2, 0.25) is 0 Å². The zero-order valence-electron chi connectivity index (χ0n) is 89.4. The molecule has 12 fully saturated rings. The zero-order chi connectivity index (χ0) is 104. The lowest BCUT2D eigenvalue weighted by Crippen LogP contribution is -2.49. The van der Waals surface area contributed by atoms with Crippen LogP contribution in [0, 0.1) is 170 Å². The van der Waals surface area contributed by atoms with Crippen molar-refractivity contribution >= 4 is 59.1 Å². The molecule has 12 heterocycles. The number of benzene rings is 6. The molecule has 6 aromatic rings. The van der Waals surface area contributed by atoms with Crippen LogP contribution in [0.15, 0.2) is 109 Å². The van der Waals surface area contributed by atoms with E-state index in [1.807, 2.05) is 36.6 Å². The highest BCUT2D eigenvalue weighted by Gasteiger charge is 2.71. The topological polar surface area (TPSA) is 305 Å². The molecule has 0 radical (unpaired) electrons. The summed E-state index contributed by atoms with van der Waals surface area (Å²) in [5.74, 6) is 3.44. The Kier molecular flexibility index (Phi) is 28.4. The smallest absolute Gasteiger partial charge is 0.307 e. The van der Waals surface area contributed by atoms with Crippen LogP contribution in [0.5, 0.6) is 0 Å². The van der Waals surface area contributed by atoms with E-state index in [0.29, 0.717) is 55.8 Å². The molecular formula is C122H157N11O13. The SMILES string of the molecule is CCCC[C@@H]1[C@@H](C)CC23c4ccc(C)cc4CCCN2C(=O)C[C@@H]13.CCN(CC)C(=O)[C@@H]1[C@@H](C)CC23c4ccc(C)cc4CCCN2C(=O)C[C@@H]13.CNC(=O)[C@@H]1[C@@H](C)CC23c4ccc(C)cc4CCCN2C(=O)C[C@@H]13.Cc1ccc2c(c1)CCCN1C(=O)C[C@H]3[C@H](C(=O)NCC#N)[C@@H](C)CC231.Cc1ccc2c(c1)[C@@]13C[C@H](C)[C@@H](C(=O)O)[C@@H]1CC(=O)N3CC2.Cc1ccc2c(c1)[C@@]13C[C@H](C)[C@@H](C[N+](=O)[O-])[C@@H]1CC(=O)N3CC2. The number of unbranched alkanes of at least 4 members (excludes halogenated alkanes) is 1. The summed E-state index contributed by atoms with van der Waals surface area (Å²) >= 11 is 0. The number of nitrogens with one attached hydrogen (secondary N) is 2. The number of aliphatic carboxylic acids is 1. The molecule has 24 nitrogen and oxygen atoms in total. The van der Waals surface area contributed by atoms with Crippen molar-refractivity contribution in [2.24, 2.45) is 107 Å². The highest BCUT2D eigenvalue weighted by Crippen LogP contribution is 2.68. The Morgan fingerprint density at radius 2 is 0.699 bits per heavy atom. The van der Waals surface area contributed by atoms with Gasteiger partial charge in [-0.1, -0.05) is 204 Å². The number of fused-ring (bicyclic) bond motifs is 6. The van der Waals surface area contributed by atoms with E-state index in [9.17, 15) is 63.2 Å². The van der Waals surface area contributed by atoms with Gasteiger partial charge in [0.2, 0.25) is 59.7 Å². The Hall–Kier alpha value is -11.1. The van der Waals surface area contributed by atoms with Crippen molar-refractivity contribution in [3.05, 3.63) is 219 Å². The molecule has 6 saturated heterocycles. The summed E-state index contributed by atoms with van der Waals surface area (Å²) in [6.45, 7) is 38.5. The molecule has 18 aliphatic rings. The van der Waals surface area contributed by atoms with Crippen molar-refractivity contribution in [3.63, 3.8) is 0 Å². The molecular weight excluding hydrogens is 1830 g/mol. The van der Waals surface area contributed by atoms with Gasteiger partial charge < -0.3 is 50.0 Å². The standard InChI is InChI=1S/C23H32N2O2.C22H31NO.C21H25N3O2.C20H26N2O2.C18H22N2O3.C18H21NO3/c1-5-24(6-2)22(27)21-16(4)14-23-18-10-9-15(3)12-17(18)8-7-11-25(23)20(26)13-19(21)23;1-4-5-8-18-16(3)14-22-19-10-9-15(2)12-17(19)7-6-11-23(22)21(24)13-20(18)22;1-13-5-6-16-15(10-13)4-3-9-24-18(25)11-17-19(20(26)23-8-7-22)14(2)12-21(16,17)24;1-12-6-7-15-14(9-12)5-4-8-22-17(23)10-16-18(19(24)21-3)13(2)11-20(15,16)22;1-11-3-4-13-5-6-19-17(21)8-16-14(10-20(22)23)12(2)9-18(16,19)15(13)7-11;1-10-3-4-12-5-6-19-15(20)8-14-16(17(21)22)11(2)9-18(14,19)13(12)7-10/h9-10,12,16,19,21H,5-8,11,13-14H2,1-4H3;9-10,12,16,18,20H,4-8,11,13-14H2,1-3H3;5-6,10,14,17,19H,3-4,8-9,11-12H2,1-2H3,(H,23,26);6-7,9,13,16,18H,4-5,8,10-11H2,1-3H3,(H,21,24);3-4,7,12,14,16H,5-6,8-10H2,1-2H3;3-4,7,11,14,16H,5-6,8-9H2,1-2H3,(H,21,22)/t16-,19-,21+,23?;16-,18+,20-,22?;14-,17-,19+,21?;13-,16-,18+,20?;12-,14+,16-,18-;11-,14-,16+,18-/m000000/s1. The predicted octanol–water partition coefficient (Wildman–Crippen LogP) is 17.9. The fraction of sp³-hybridized carbons (Fsp3) is 0.615. The lowest BCUT2D eigenvalue weighted by atomic mass is 9.74. The Morgan fingerprint density at radius 3 is 1.06 bits per heavy atom. The van der Waals surface area contributed by atoms with Crippen LogP contribution in [0.4, 0.5) is 0 Å². The Morgan fingerprint density at radius 1 is 0.397 bits per heavy atom. The van der Waals surface area contributed by atoms with Gasteiger partial charge in [0, 0.05) is 156 Å². The van der Waals surface area contributed by atoms with Crippen LogP contribution in [0.1, 0.15) is 284 Å². The molecule has 146 heavy (non-hydrogen) atoms. The van der Waals surface area contributed by atoms with Gasteiger partial charge in [-0.25, -0.2) is 0 Å².